The topological polar surface area (TPSA) is 9.23 Å². The van der Waals surface area contributed by atoms with Crippen LogP contribution in [-0.4, -0.2) is 8.32 Å². The quantitative estimate of drug-likeness (QED) is 0.408. The van der Waals surface area contributed by atoms with Gasteiger partial charge in [0, 0.05) is 15.6 Å². The molecule has 0 aromatic rings. The van der Waals surface area contributed by atoms with E-state index in [1.807, 2.05) is 0 Å². The van der Waals surface area contributed by atoms with Crippen LogP contribution < -0.4 is 0 Å². The monoisotopic (exact) mass is 418 g/mol. The lowest BCUT2D eigenvalue weighted by Crippen LogP contribution is -2.60. The molecule has 4 rings (SSSR count). The van der Waals surface area contributed by atoms with Gasteiger partial charge in [0.15, 0.2) is 0 Å². The molecule has 30 heavy (non-hydrogen) atoms. The summed E-state index contributed by atoms with van der Waals surface area (Å²) in [4.78, 5) is 0. The highest BCUT2D eigenvalue weighted by molar-refractivity contribution is 6.86. The van der Waals surface area contributed by atoms with E-state index in [2.05, 4.69) is 100 Å². The standard InChI is InChI=1S/C28H38OSi/c1-16-17(2)21(6)27(10,20(16)5)30(26-15-13-12-14-25(26)24(9)29-30)28(11)22(7)18(3)19(4)23(28)8/h12-15,26H,1-11H3. The molecule has 1 aliphatic heterocycles. The molecule has 1 heterocycles. The van der Waals surface area contributed by atoms with Crippen molar-refractivity contribution in [2.24, 2.45) is 0 Å². The van der Waals surface area contributed by atoms with E-state index in [9.17, 15) is 0 Å². The van der Waals surface area contributed by atoms with Crippen molar-refractivity contribution in [1.29, 1.82) is 0 Å². The van der Waals surface area contributed by atoms with Gasteiger partial charge in [-0.1, -0.05) is 60.4 Å². The van der Waals surface area contributed by atoms with Gasteiger partial charge in [-0.25, -0.2) is 0 Å². The average Bonchev–Trinajstić information content (AvgIpc) is 3.19. The SMILES string of the molecule is CC1=C2C=CC=CC2[Si](C2(C)C(C)=C(C)C(C)=C2C)(C2(C)C(C)=C(C)C(C)=C2C)O1. The van der Waals surface area contributed by atoms with Gasteiger partial charge in [0.25, 0.3) is 8.32 Å². The third-order valence-corrected chi connectivity index (χ3v) is 16.5. The largest absolute Gasteiger partial charge is 0.543 e. The van der Waals surface area contributed by atoms with Gasteiger partial charge < -0.3 is 4.43 Å². The molecular formula is C28H38OSi. The van der Waals surface area contributed by atoms with E-state index in [0.29, 0.717) is 5.54 Å². The second-order valence-corrected chi connectivity index (χ2v) is 14.6. The van der Waals surface area contributed by atoms with Gasteiger partial charge in [0.1, 0.15) is 0 Å². The van der Waals surface area contributed by atoms with Crippen molar-refractivity contribution in [3.8, 4) is 0 Å². The molecule has 0 radical (unpaired) electrons. The molecule has 1 atom stereocenters. The number of fused-ring (bicyclic) bond motifs is 1. The Morgan fingerprint density at radius 2 is 1.07 bits per heavy atom. The third-order valence-electron chi connectivity index (χ3n) is 10.0. The number of hydrogen-bond acceptors (Lipinski definition) is 1. The van der Waals surface area contributed by atoms with Crippen molar-refractivity contribution in [2.75, 3.05) is 0 Å². The fraction of sp³-hybridized carbons (Fsp3) is 0.500. The van der Waals surface area contributed by atoms with Crippen molar-refractivity contribution in [3.63, 3.8) is 0 Å². The summed E-state index contributed by atoms with van der Waals surface area (Å²) in [6.45, 7) is 26.0. The van der Waals surface area contributed by atoms with E-state index in [0.717, 1.165) is 5.76 Å². The maximum absolute atomic E-state index is 7.42. The molecule has 0 fully saturated rings. The van der Waals surface area contributed by atoms with Crippen molar-refractivity contribution in [2.45, 2.75) is 91.8 Å². The Hall–Kier alpha value is -1.80. The Bertz CT molecular complexity index is 974. The third kappa shape index (κ3) is 2.04. The first-order valence-electron chi connectivity index (χ1n) is 11.4. The van der Waals surface area contributed by atoms with Crippen LogP contribution in [0, 0.1) is 0 Å². The van der Waals surface area contributed by atoms with Crippen LogP contribution in [0.1, 0.15) is 76.2 Å². The molecule has 4 aliphatic rings. The molecule has 0 aromatic heterocycles. The summed E-state index contributed by atoms with van der Waals surface area (Å²) in [6, 6.07) is 0. The minimum atomic E-state index is -2.60. The Balaban J connectivity index is 2.15. The average molecular weight is 419 g/mol. The summed E-state index contributed by atoms with van der Waals surface area (Å²) >= 11 is 0. The van der Waals surface area contributed by atoms with Gasteiger partial charge in [-0.15, -0.1) is 0 Å². The van der Waals surface area contributed by atoms with Crippen molar-refractivity contribution >= 4 is 8.32 Å². The first kappa shape index (κ1) is 21.4. The molecule has 0 saturated heterocycles. The van der Waals surface area contributed by atoms with E-state index < -0.39 is 8.32 Å². The summed E-state index contributed by atoms with van der Waals surface area (Å²) in [5.41, 5.74) is 13.7. The smallest absolute Gasteiger partial charge is 0.289 e. The first-order valence-corrected chi connectivity index (χ1v) is 13.3. The van der Waals surface area contributed by atoms with Crippen LogP contribution in [0.25, 0.3) is 0 Å². The Morgan fingerprint density at radius 1 is 0.667 bits per heavy atom. The summed E-state index contributed by atoms with van der Waals surface area (Å²) in [5.74, 6) is 1.14. The number of allylic oxidation sites excluding steroid dienone is 14. The molecule has 0 bridgehead atoms. The van der Waals surface area contributed by atoms with Crippen molar-refractivity contribution in [1.82, 2.24) is 0 Å². The Morgan fingerprint density at radius 3 is 1.47 bits per heavy atom. The van der Waals surface area contributed by atoms with E-state index in [-0.39, 0.29) is 10.1 Å². The van der Waals surface area contributed by atoms with Gasteiger partial charge in [0.2, 0.25) is 0 Å². The lowest BCUT2D eigenvalue weighted by atomic mass is 9.95. The predicted molar refractivity (Wildman–Crippen MR) is 132 cm³/mol. The number of hydrogen-bond donors (Lipinski definition) is 0. The molecule has 2 heteroatoms. The summed E-state index contributed by atoms with van der Waals surface area (Å²) in [6.07, 6.45) is 9.20. The highest BCUT2D eigenvalue weighted by Gasteiger charge is 2.74. The first-order chi connectivity index (χ1) is 13.9. The molecule has 1 nitrogen and oxygen atoms in total. The van der Waals surface area contributed by atoms with Crippen LogP contribution in [0.2, 0.25) is 15.6 Å². The highest BCUT2D eigenvalue weighted by atomic mass is 28.4. The highest BCUT2D eigenvalue weighted by Crippen LogP contribution is 2.76. The van der Waals surface area contributed by atoms with E-state index in [1.165, 1.54) is 50.2 Å². The lowest BCUT2D eigenvalue weighted by Gasteiger charge is -2.56. The molecular weight excluding hydrogens is 380 g/mol. The van der Waals surface area contributed by atoms with E-state index in [4.69, 9.17) is 4.43 Å². The zero-order valence-electron chi connectivity index (χ0n) is 20.8. The second kappa shape index (κ2) is 6.35. The number of rotatable bonds is 2. The van der Waals surface area contributed by atoms with Crippen LogP contribution >= 0.6 is 0 Å². The molecule has 0 amide bonds. The minimum Gasteiger partial charge on any atom is -0.543 e. The molecule has 160 valence electrons. The summed E-state index contributed by atoms with van der Waals surface area (Å²) in [5, 5.41) is -0.126. The normalized spacial score (nSPS) is 29.0. The summed E-state index contributed by atoms with van der Waals surface area (Å²) < 4.78 is 7.42. The van der Waals surface area contributed by atoms with E-state index >= 15 is 0 Å². The second-order valence-electron chi connectivity index (χ2n) is 10.3. The van der Waals surface area contributed by atoms with Crippen LogP contribution in [0.5, 0.6) is 0 Å². The zero-order valence-corrected chi connectivity index (χ0v) is 21.8. The molecule has 0 saturated carbocycles. The molecule has 0 aromatic carbocycles. The van der Waals surface area contributed by atoms with Crippen LogP contribution in [0.15, 0.2) is 80.2 Å². The predicted octanol–water partition coefficient (Wildman–Crippen LogP) is 8.63. The Kier molecular flexibility index (Phi) is 4.54. The van der Waals surface area contributed by atoms with Crippen LogP contribution in [0.4, 0.5) is 0 Å². The van der Waals surface area contributed by atoms with Crippen LogP contribution in [0.3, 0.4) is 0 Å². The van der Waals surface area contributed by atoms with Crippen molar-refractivity contribution < 1.29 is 4.43 Å². The minimum absolute atomic E-state index is 0.0630. The fourth-order valence-electron chi connectivity index (χ4n) is 7.22. The van der Waals surface area contributed by atoms with Gasteiger partial charge in [-0.2, -0.15) is 0 Å². The zero-order chi connectivity index (χ0) is 22.4. The maximum atomic E-state index is 7.42. The van der Waals surface area contributed by atoms with Gasteiger partial charge in [0.05, 0.1) is 5.76 Å². The summed E-state index contributed by atoms with van der Waals surface area (Å²) in [7, 11) is -2.60. The molecule has 1 unspecified atom stereocenters. The Labute approximate surface area is 184 Å². The van der Waals surface area contributed by atoms with Crippen molar-refractivity contribution in [3.05, 3.63) is 80.2 Å². The lowest BCUT2D eigenvalue weighted by molar-refractivity contribution is 0.373. The van der Waals surface area contributed by atoms with Crippen LogP contribution in [-0.2, 0) is 4.43 Å². The van der Waals surface area contributed by atoms with Gasteiger partial charge in [-0.3, -0.25) is 0 Å². The molecule has 3 aliphatic carbocycles. The van der Waals surface area contributed by atoms with Gasteiger partial charge in [-0.05, 0) is 90.2 Å². The van der Waals surface area contributed by atoms with E-state index in [1.54, 1.807) is 0 Å². The molecule has 0 N–H and O–H groups in total. The molecule has 0 spiro atoms. The maximum Gasteiger partial charge on any atom is 0.289 e. The fourth-order valence-corrected chi connectivity index (χ4v) is 14.7. The van der Waals surface area contributed by atoms with Gasteiger partial charge >= 0.3 is 0 Å².